The van der Waals surface area contributed by atoms with Gasteiger partial charge in [0, 0.05) is 28.6 Å². The second-order valence-electron chi connectivity index (χ2n) is 7.58. The Bertz CT molecular complexity index is 1440. The first-order valence-corrected chi connectivity index (χ1v) is 11.7. The Labute approximate surface area is 190 Å². The van der Waals surface area contributed by atoms with Crippen molar-refractivity contribution >= 4 is 38.5 Å². The van der Waals surface area contributed by atoms with Gasteiger partial charge in [0.1, 0.15) is 0 Å². The summed E-state index contributed by atoms with van der Waals surface area (Å²) in [6.07, 6.45) is 0.554. The topological polar surface area (TPSA) is 99.3 Å². The van der Waals surface area contributed by atoms with Crippen LogP contribution in [-0.2, 0) is 16.4 Å². The lowest BCUT2D eigenvalue weighted by Gasteiger charge is -2.07. The van der Waals surface area contributed by atoms with Gasteiger partial charge in [0.2, 0.25) is 10.0 Å². The number of aromatic amines is 1. The molecule has 3 aromatic carbocycles. The minimum Gasteiger partial charge on any atom is -0.478 e. The average molecular weight is 469 g/mol. The molecule has 0 amide bonds. The van der Waals surface area contributed by atoms with Crippen LogP contribution in [0.4, 0.5) is 0 Å². The number of carbonyl (C=O) groups is 1. The lowest BCUT2D eigenvalue weighted by Crippen LogP contribution is -2.18. The normalized spacial score (nSPS) is 11.7. The Hall–Kier alpha value is -3.13. The first-order chi connectivity index (χ1) is 15.2. The molecule has 0 aliphatic heterocycles. The number of hydrogen-bond acceptors (Lipinski definition) is 3. The fourth-order valence-corrected chi connectivity index (χ4v) is 4.69. The maximum Gasteiger partial charge on any atom is 0.335 e. The number of carboxylic acid groups (broad SMARTS) is 1. The first-order valence-electron chi connectivity index (χ1n) is 9.86. The Morgan fingerprint density at radius 2 is 1.78 bits per heavy atom. The molecule has 0 atom stereocenters. The SMILES string of the molecule is CNS(=O)(=O)c1ccc(-c2cc3cc(Cc4ccc(C)c(C(=O)O)c4)[nH]c3cc2Cl)cc1. The molecule has 0 aliphatic rings. The van der Waals surface area contributed by atoms with Gasteiger partial charge in [-0.3, -0.25) is 0 Å². The second-order valence-corrected chi connectivity index (χ2v) is 9.87. The zero-order valence-corrected chi connectivity index (χ0v) is 19.0. The number of sulfonamides is 1. The second kappa shape index (κ2) is 8.43. The largest absolute Gasteiger partial charge is 0.478 e. The van der Waals surface area contributed by atoms with Crippen molar-refractivity contribution in [1.29, 1.82) is 0 Å². The van der Waals surface area contributed by atoms with Gasteiger partial charge in [0.15, 0.2) is 0 Å². The standard InChI is InChI=1S/C24H21ClN2O4S/c1-14-3-4-15(10-20(14)24(28)29)9-18-11-17-12-21(22(25)13-23(17)27-18)16-5-7-19(8-6-16)32(30,31)26-2/h3-8,10-13,26-27H,9H2,1-2H3,(H,28,29). The Kier molecular flexibility index (Phi) is 5.81. The summed E-state index contributed by atoms with van der Waals surface area (Å²) in [4.78, 5) is 14.9. The average Bonchev–Trinajstić information content (AvgIpc) is 3.15. The van der Waals surface area contributed by atoms with E-state index in [9.17, 15) is 18.3 Å². The van der Waals surface area contributed by atoms with Gasteiger partial charge in [-0.25, -0.2) is 17.9 Å². The number of rotatable bonds is 6. The molecule has 1 aromatic heterocycles. The number of nitrogens with one attached hydrogen (secondary N) is 2. The zero-order valence-electron chi connectivity index (χ0n) is 17.4. The zero-order chi connectivity index (χ0) is 23.0. The molecular formula is C24H21ClN2O4S. The summed E-state index contributed by atoms with van der Waals surface area (Å²) in [5.74, 6) is -0.939. The van der Waals surface area contributed by atoms with Gasteiger partial charge in [0.25, 0.3) is 0 Å². The van der Waals surface area contributed by atoms with Crippen molar-refractivity contribution in [3.63, 3.8) is 0 Å². The fourth-order valence-electron chi connectivity index (χ4n) is 3.69. The van der Waals surface area contributed by atoms with Crippen LogP contribution < -0.4 is 4.72 Å². The van der Waals surface area contributed by atoms with E-state index in [1.54, 1.807) is 37.3 Å². The van der Waals surface area contributed by atoms with Gasteiger partial charge in [-0.1, -0.05) is 35.9 Å². The van der Waals surface area contributed by atoms with Crippen molar-refractivity contribution in [3.8, 4) is 11.1 Å². The summed E-state index contributed by atoms with van der Waals surface area (Å²) in [5.41, 5.74) is 5.32. The molecular weight excluding hydrogens is 448 g/mol. The molecule has 1 heterocycles. The molecule has 0 bridgehead atoms. The van der Waals surface area contributed by atoms with Crippen molar-refractivity contribution in [2.24, 2.45) is 0 Å². The molecule has 4 aromatic rings. The van der Waals surface area contributed by atoms with Crippen LogP contribution in [0.2, 0.25) is 5.02 Å². The van der Waals surface area contributed by atoms with Gasteiger partial charge >= 0.3 is 5.97 Å². The van der Waals surface area contributed by atoms with E-state index < -0.39 is 16.0 Å². The molecule has 0 radical (unpaired) electrons. The molecule has 164 valence electrons. The predicted octanol–water partition coefficient (Wildman–Crippen LogP) is 4.99. The summed E-state index contributed by atoms with van der Waals surface area (Å²) in [7, 11) is -2.13. The number of benzene rings is 3. The van der Waals surface area contributed by atoms with Gasteiger partial charge < -0.3 is 10.1 Å². The molecule has 32 heavy (non-hydrogen) atoms. The predicted molar refractivity (Wildman–Crippen MR) is 126 cm³/mol. The maximum absolute atomic E-state index is 11.9. The number of H-pyrrole nitrogens is 1. The number of aromatic nitrogens is 1. The first kappa shape index (κ1) is 22.1. The third-order valence-corrected chi connectivity index (χ3v) is 7.18. The lowest BCUT2D eigenvalue weighted by molar-refractivity contribution is 0.0696. The number of hydrogen-bond donors (Lipinski definition) is 3. The van der Waals surface area contributed by atoms with E-state index in [1.165, 1.54) is 7.05 Å². The number of aromatic carboxylic acids is 1. The number of halogens is 1. The highest BCUT2D eigenvalue weighted by Gasteiger charge is 2.14. The highest BCUT2D eigenvalue weighted by atomic mass is 35.5. The van der Waals surface area contributed by atoms with Crippen molar-refractivity contribution in [1.82, 2.24) is 9.71 Å². The van der Waals surface area contributed by atoms with Crippen molar-refractivity contribution in [2.75, 3.05) is 7.05 Å². The molecule has 8 heteroatoms. The Balaban J connectivity index is 1.67. The summed E-state index contributed by atoms with van der Waals surface area (Å²) < 4.78 is 26.2. The lowest BCUT2D eigenvalue weighted by atomic mass is 10.0. The van der Waals surface area contributed by atoms with Crippen LogP contribution in [0, 0.1) is 6.92 Å². The van der Waals surface area contributed by atoms with Crippen LogP contribution in [0.5, 0.6) is 0 Å². The van der Waals surface area contributed by atoms with Crippen LogP contribution in [-0.4, -0.2) is 31.5 Å². The van der Waals surface area contributed by atoms with E-state index in [0.29, 0.717) is 17.0 Å². The summed E-state index contributed by atoms with van der Waals surface area (Å²) in [5, 5.41) is 10.9. The molecule has 0 spiro atoms. The molecule has 6 nitrogen and oxygen atoms in total. The van der Waals surface area contributed by atoms with Crippen LogP contribution in [0.15, 0.2) is 65.6 Å². The summed E-state index contributed by atoms with van der Waals surface area (Å²) >= 11 is 6.52. The minimum absolute atomic E-state index is 0.184. The summed E-state index contributed by atoms with van der Waals surface area (Å²) in [6, 6.07) is 17.8. The fraction of sp³-hybridized carbons (Fsp3) is 0.125. The van der Waals surface area contributed by atoms with E-state index in [2.05, 4.69) is 9.71 Å². The maximum atomic E-state index is 11.9. The molecule has 0 fully saturated rings. The molecule has 0 unspecified atom stereocenters. The number of aryl methyl sites for hydroxylation is 1. The molecule has 0 saturated carbocycles. The van der Waals surface area contributed by atoms with Crippen molar-refractivity contribution in [3.05, 3.63) is 88.1 Å². The quantitative estimate of drug-likeness (QED) is 0.371. The van der Waals surface area contributed by atoms with Crippen molar-refractivity contribution in [2.45, 2.75) is 18.2 Å². The van der Waals surface area contributed by atoms with Crippen LogP contribution in [0.1, 0.15) is 27.2 Å². The Morgan fingerprint density at radius 1 is 1.06 bits per heavy atom. The van der Waals surface area contributed by atoms with E-state index in [0.717, 1.165) is 38.9 Å². The van der Waals surface area contributed by atoms with E-state index >= 15 is 0 Å². The van der Waals surface area contributed by atoms with Gasteiger partial charge in [-0.15, -0.1) is 0 Å². The molecule has 0 saturated heterocycles. The van der Waals surface area contributed by atoms with E-state index in [4.69, 9.17) is 11.6 Å². The highest BCUT2D eigenvalue weighted by molar-refractivity contribution is 7.89. The van der Waals surface area contributed by atoms with Gasteiger partial charge in [-0.05, 0) is 67.1 Å². The number of carboxylic acids is 1. The molecule has 0 aliphatic carbocycles. The third kappa shape index (κ3) is 4.27. The van der Waals surface area contributed by atoms with Crippen LogP contribution in [0.25, 0.3) is 22.0 Å². The van der Waals surface area contributed by atoms with Gasteiger partial charge in [-0.2, -0.15) is 0 Å². The summed E-state index contributed by atoms with van der Waals surface area (Å²) in [6.45, 7) is 1.78. The van der Waals surface area contributed by atoms with E-state index in [-0.39, 0.29) is 4.90 Å². The van der Waals surface area contributed by atoms with Crippen LogP contribution >= 0.6 is 11.6 Å². The highest BCUT2D eigenvalue weighted by Crippen LogP contribution is 2.33. The third-order valence-electron chi connectivity index (χ3n) is 5.44. The van der Waals surface area contributed by atoms with Crippen LogP contribution in [0.3, 0.4) is 0 Å². The van der Waals surface area contributed by atoms with Gasteiger partial charge in [0.05, 0.1) is 15.5 Å². The smallest absolute Gasteiger partial charge is 0.335 e. The monoisotopic (exact) mass is 468 g/mol. The molecule has 3 N–H and O–H groups in total. The van der Waals surface area contributed by atoms with Crippen molar-refractivity contribution < 1.29 is 18.3 Å². The van der Waals surface area contributed by atoms with E-state index in [1.807, 2.05) is 30.3 Å². The molecule has 4 rings (SSSR count). The Morgan fingerprint density at radius 3 is 2.44 bits per heavy atom. The minimum atomic E-state index is -3.50. The number of fused-ring (bicyclic) bond motifs is 1.